The SMILES string of the molecule is Fc1ccc(CN2CCN(CCCc3ccccc3)CC2)cc1. The van der Waals surface area contributed by atoms with Crippen LogP contribution in [0.4, 0.5) is 4.39 Å². The first-order valence-electron chi connectivity index (χ1n) is 8.53. The normalized spacial score (nSPS) is 16.6. The van der Waals surface area contributed by atoms with Gasteiger partial charge >= 0.3 is 0 Å². The Labute approximate surface area is 138 Å². The summed E-state index contributed by atoms with van der Waals surface area (Å²) in [6, 6.07) is 17.6. The zero-order chi connectivity index (χ0) is 15.9. The fraction of sp³-hybridized carbons (Fsp3) is 0.400. The van der Waals surface area contributed by atoms with Crippen molar-refractivity contribution in [3.8, 4) is 0 Å². The molecule has 0 atom stereocenters. The van der Waals surface area contributed by atoms with Crippen molar-refractivity contribution in [2.24, 2.45) is 0 Å². The van der Waals surface area contributed by atoms with Crippen molar-refractivity contribution < 1.29 is 4.39 Å². The Morgan fingerprint density at radius 2 is 1.39 bits per heavy atom. The van der Waals surface area contributed by atoms with Crippen LogP contribution in [0.1, 0.15) is 17.5 Å². The first kappa shape index (κ1) is 16.2. The molecule has 1 aliphatic heterocycles. The van der Waals surface area contributed by atoms with Gasteiger partial charge in [0.1, 0.15) is 5.82 Å². The molecular weight excluding hydrogens is 287 g/mol. The lowest BCUT2D eigenvalue weighted by molar-refractivity contribution is 0.126. The van der Waals surface area contributed by atoms with Crippen LogP contribution in [0, 0.1) is 5.82 Å². The quantitative estimate of drug-likeness (QED) is 0.804. The molecule has 0 unspecified atom stereocenters. The van der Waals surface area contributed by atoms with Crippen LogP contribution in [0.2, 0.25) is 0 Å². The van der Waals surface area contributed by atoms with Crippen LogP contribution in [0.5, 0.6) is 0 Å². The molecular formula is C20H25FN2. The smallest absolute Gasteiger partial charge is 0.123 e. The third-order valence-corrected chi connectivity index (χ3v) is 4.57. The number of hydrogen-bond donors (Lipinski definition) is 0. The van der Waals surface area contributed by atoms with E-state index < -0.39 is 0 Å². The standard InChI is InChI=1S/C20H25FN2/c21-20-10-8-19(9-11-20)17-23-15-13-22(14-16-23)12-4-7-18-5-2-1-3-6-18/h1-3,5-6,8-11H,4,7,12-17H2. The topological polar surface area (TPSA) is 6.48 Å². The minimum atomic E-state index is -0.156. The molecule has 1 aliphatic rings. The average Bonchev–Trinajstić information content (AvgIpc) is 2.59. The molecule has 1 fully saturated rings. The highest BCUT2D eigenvalue weighted by Crippen LogP contribution is 2.10. The molecule has 0 N–H and O–H groups in total. The van der Waals surface area contributed by atoms with Crippen molar-refractivity contribution in [3.63, 3.8) is 0 Å². The molecule has 0 bridgehead atoms. The summed E-state index contributed by atoms with van der Waals surface area (Å²) in [5, 5.41) is 0. The molecule has 0 spiro atoms. The molecule has 1 heterocycles. The van der Waals surface area contributed by atoms with E-state index in [1.54, 1.807) is 12.1 Å². The third-order valence-electron chi connectivity index (χ3n) is 4.57. The van der Waals surface area contributed by atoms with Crippen LogP contribution >= 0.6 is 0 Å². The number of halogens is 1. The van der Waals surface area contributed by atoms with Crippen molar-refractivity contribution in [1.29, 1.82) is 0 Å². The number of hydrogen-bond acceptors (Lipinski definition) is 2. The van der Waals surface area contributed by atoms with E-state index >= 15 is 0 Å². The first-order valence-corrected chi connectivity index (χ1v) is 8.53. The molecule has 0 amide bonds. The monoisotopic (exact) mass is 312 g/mol. The second-order valence-corrected chi connectivity index (χ2v) is 6.33. The van der Waals surface area contributed by atoms with E-state index in [0.29, 0.717) is 0 Å². The van der Waals surface area contributed by atoms with E-state index in [2.05, 4.69) is 40.1 Å². The van der Waals surface area contributed by atoms with Crippen molar-refractivity contribution in [3.05, 3.63) is 71.5 Å². The van der Waals surface area contributed by atoms with Crippen LogP contribution in [0.3, 0.4) is 0 Å². The highest BCUT2D eigenvalue weighted by Gasteiger charge is 2.16. The van der Waals surface area contributed by atoms with Crippen molar-refractivity contribution in [1.82, 2.24) is 9.80 Å². The van der Waals surface area contributed by atoms with E-state index in [0.717, 1.165) is 39.1 Å². The van der Waals surface area contributed by atoms with Gasteiger partial charge in [-0.2, -0.15) is 0 Å². The summed E-state index contributed by atoms with van der Waals surface area (Å²) in [4.78, 5) is 5.02. The molecule has 0 aliphatic carbocycles. The maximum absolute atomic E-state index is 12.9. The molecule has 0 aromatic heterocycles. The minimum absolute atomic E-state index is 0.156. The summed E-state index contributed by atoms with van der Waals surface area (Å²) in [5.41, 5.74) is 2.63. The number of aryl methyl sites for hydroxylation is 1. The predicted octanol–water partition coefficient (Wildman–Crippen LogP) is 3.58. The van der Waals surface area contributed by atoms with Crippen LogP contribution in [0.25, 0.3) is 0 Å². The Hall–Kier alpha value is -1.71. The molecule has 2 aromatic carbocycles. The molecule has 122 valence electrons. The molecule has 0 saturated carbocycles. The molecule has 1 saturated heterocycles. The van der Waals surface area contributed by atoms with Gasteiger partial charge in [0, 0.05) is 32.7 Å². The van der Waals surface area contributed by atoms with Crippen molar-refractivity contribution in [2.45, 2.75) is 19.4 Å². The fourth-order valence-corrected chi connectivity index (χ4v) is 3.17. The van der Waals surface area contributed by atoms with Gasteiger partial charge in [-0.05, 0) is 42.6 Å². The molecule has 23 heavy (non-hydrogen) atoms. The fourth-order valence-electron chi connectivity index (χ4n) is 3.17. The van der Waals surface area contributed by atoms with E-state index in [4.69, 9.17) is 0 Å². The van der Waals surface area contributed by atoms with Crippen LogP contribution < -0.4 is 0 Å². The molecule has 3 rings (SSSR count). The summed E-state index contributed by atoms with van der Waals surface area (Å²) in [5.74, 6) is -0.156. The van der Waals surface area contributed by atoms with E-state index in [9.17, 15) is 4.39 Å². The van der Waals surface area contributed by atoms with Gasteiger partial charge in [0.25, 0.3) is 0 Å². The Bertz CT molecular complexity index is 574. The Kier molecular flexibility index (Phi) is 5.78. The molecule has 3 heteroatoms. The Balaban J connectivity index is 1.36. The summed E-state index contributed by atoms with van der Waals surface area (Å²) >= 11 is 0. The molecule has 2 aromatic rings. The van der Waals surface area contributed by atoms with Crippen molar-refractivity contribution in [2.75, 3.05) is 32.7 Å². The first-order chi connectivity index (χ1) is 11.3. The lowest BCUT2D eigenvalue weighted by atomic mass is 10.1. The van der Waals surface area contributed by atoms with Crippen LogP contribution in [-0.2, 0) is 13.0 Å². The van der Waals surface area contributed by atoms with Crippen LogP contribution in [0.15, 0.2) is 54.6 Å². The lowest BCUT2D eigenvalue weighted by Crippen LogP contribution is -2.46. The lowest BCUT2D eigenvalue weighted by Gasteiger charge is -2.34. The number of nitrogens with zero attached hydrogens (tertiary/aromatic N) is 2. The summed E-state index contributed by atoms with van der Waals surface area (Å²) in [7, 11) is 0. The Morgan fingerprint density at radius 3 is 2.09 bits per heavy atom. The average molecular weight is 312 g/mol. The second kappa shape index (κ2) is 8.23. The predicted molar refractivity (Wildman–Crippen MR) is 92.9 cm³/mol. The largest absolute Gasteiger partial charge is 0.301 e. The van der Waals surface area contributed by atoms with E-state index in [-0.39, 0.29) is 5.82 Å². The number of rotatable bonds is 6. The van der Waals surface area contributed by atoms with Gasteiger partial charge in [0.05, 0.1) is 0 Å². The van der Waals surface area contributed by atoms with Gasteiger partial charge in [0.2, 0.25) is 0 Å². The summed E-state index contributed by atoms with van der Waals surface area (Å²) in [6.45, 7) is 6.58. The minimum Gasteiger partial charge on any atom is -0.301 e. The van der Waals surface area contributed by atoms with Gasteiger partial charge < -0.3 is 4.90 Å². The maximum Gasteiger partial charge on any atom is 0.123 e. The third kappa shape index (κ3) is 5.15. The zero-order valence-electron chi connectivity index (χ0n) is 13.6. The molecule has 2 nitrogen and oxygen atoms in total. The molecule has 0 radical (unpaired) electrons. The number of benzene rings is 2. The second-order valence-electron chi connectivity index (χ2n) is 6.33. The van der Waals surface area contributed by atoms with Gasteiger partial charge in [-0.25, -0.2) is 4.39 Å². The summed E-state index contributed by atoms with van der Waals surface area (Å²) in [6.07, 6.45) is 2.39. The Morgan fingerprint density at radius 1 is 0.739 bits per heavy atom. The van der Waals surface area contributed by atoms with E-state index in [1.807, 2.05) is 12.1 Å². The maximum atomic E-state index is 12.9. The summed E-state index contributed by atoms with van der Waals surface area (Å²) < 4.78 is 12.9. The van der Waals surface area contributed by atoms with Gasteiger partial charge in [-0.1, -0.05) is 42.5 Å². The van der Waals surface area contributed by atoms with E-state index in [1.165, 1.54) is 24.1 Å². The highest BCUT2D eigenvalue weighted by molar-refractivity contribution is 5.16. The van der Waals surface area contributed by atoms with Crippen molar-refractivity contribution >= 4 is 0 Å². The van der Waals surface area contributed by atoms with Crippen LogP contribution in [-0.4, -0.2) is 42.5 Å². The number of piperazine rings is 1. The zero-order valence-corrected chi connectivity index (χ0v) is 13.6. The van der Waals surface area contributed by atoms with Gasteiger partial charge in [0.15, 0.2) is 0 Å². The van der Waals surface area contributed by atoms with Gasteiger partial charge in [-0.15, -0.1) is 0 Å². The highest BCUT2D eigenvalue weighted by atomic mass is 19.1. The van der Waals surface area contributed by atoms with Gasteiger partial charge in [-0.3, -0.25) is 4.90 Å².